The third kappa shape index (κ3) is 5.35. The minimum absolute atomic E-state index is 0.365. The molecule has 1 N–H and O–H groups in total. The molecule has 1 aliphatic rings. The first-order valence-electron chi connectivity index (χ1n) is 12.7. The van der Waals surface area contributed by atoms with Crippen molar-refractivity contribution in [1.82, 2.24) is 20.0 Å². The third-order valence-electron chi connectivity index (χ3n) is 6.60. The number of aromatic nitrogens is 4. The number of nitrogens with one attached hydrogen (secondary N) is 1. The van der Waals surface area contributed by atoms with E-state index in [0.717, 1.165) is 46.4 Å². The van der Waals surface area contributed by atoms with E-state index in [1.54, 1.807) is 0 Å². The van der Waals surface area contributed by atoms with Crippen LogP contribution in [-0.4, -0.2) is 26.2 Å². The van der Waals surface area contributed by atoms with E-state index in [1.807, 2.05) is 65.6 Å². The number of rotatable bonds is 8. The van der Waals surface area contributed by atoms with Gasteiger partial charge >= 0.3 is 0 Å². The van der Waals surface area contributed by atoms with E-state index in [2.05, 4.69) is 51.2 Å². The lowest BCUT2D eigenvalue weighted by molar-refractivity contribution is 0.301. The molecule has 5 aromatic rings. The molecule has 0 spiro atoms. The molecule has 7 nitrogen and oxygen atoms in total. The first kappa shape index (κ1) is 22.9. The molecule has 2 aromatic heterocycles. The molecule has 1 aliphatic carbocycles. The van der Waals surface area contributed by atoms with E-state index in [1.165, 1.54) is 29.7 Å². The minimum atomic E-state index is 0.365. The summed E-state index contributed by atoms with van der Waals surface area (Å²) in [4.78, 5) is 4.90. The standard InChI is InChI=1S/C30H28N6O/c1-2-8-23(9-3-1)19-36-20-24(33-35-36)21-37-25-16-14-22(15-17-25)18-31-34-30-26-10-4-6-12-28(26)32-29-13-7-5-11-27(29)30/h1-4,6,8-10,12,14-18,20H,5,7,11,13,19,21H2,(H,32,34)/b31-18+. The molecule has 3 aromatic carbocycles. The van der Waals surface area contributed by atoms with Crippen molar-refractivity contribution in [2.75, 3.05) is 5.43 Å². The van der Waals surface area contributed by atoms with E-state index in [-0.39, 0.29) is 0 Å². The normalized spacial score (nSPS) is 13.1. The van der Waals surface area contributed by atoms with Gasteiger partial charge in [-0.25, -0.2) is 4.68 Å². The monoisotopic (exact) mass is 488 g/mol. The van der Waals surface area contributed by atoms with Crippen LogP contribution in [0.3, 0.4) is 0 Å². The van der Waals surface area contributed by atoms with Crippen LogP contribution in [0.2, 0.25) is 0 Å². The van der Waals surface area contributed by atoms with Gasteiger partial charge in [0, 0.05) is 11.1 Å². The molecule has 6 rings (SSSR count). The van der Waals surface area contributed by atoms with E-state index < -0.39 is 0 Å². The lowest BCUT2D eigenvalue weighted by Crippen LogP contribution is -2.09. The van der Waals surface area contributed by atoms with Crippen molar-refractivity contribution in [3.8, 4) is 5.75 Å². The first-order chi connectivity index (χ1) is 18.3. The topological polar surface area (TPSA) is 77.2 Å². The van der Waals surface area contributed by atoms with Crippen LogP contribution >= 0.6 is 0 Å². The number of hydrogen-bond acceptors (Lipinski definition) is 6. The summed E-state index contributed by atoms with van der Waals surface area (Å²) in [7, 11) is 0. The Kier molecular flexibility index (Phi) is 6.58. The lowest BCUT2D eigenvalue weighted by atomic mass is 9.93. The van der Waals surface area contributed by atoms with Gasteiger partial charge in [-0.2, -0.15) is 5.10 Å². The van der Waals surface area contributed by atoms with Gasteiger partial charge in [-0.15, -0.1) is 5.10 Å². The highest BCUT2D eigenvalue weighted by atomic mass is 16.5. The fourth-order valence-electron chi connectivity index (χ4n) is 4.73. The molecule has 0 amide bonds. The molecule has 0 radical (unpaired) electrons. The van der Waals surface area contributed by atoms with Crippen LogP contribution in [0.4, 0.5) is 5.69 Å². The second-order valence-electron chi connectivity index (χ2n) is 9.26. The summed E-state index contributed by atoms with van der Waals surface area (Å²) in [5, 5.41) is 14.1. The number of ether oxygens (including phenoxy) is 1. The van der Waals surface area contributed by atoms with Crippen molar-refractivity contribution in [1.29, 1.82) is 0 Å². The Bertz CT molecular complexity index is 1530. The van der Waals surface area contributed by atoms with Crippen LogP contribution in [0.15, 0.2) is 90.2 Å². The summed E-state index contributed by atoms with van der Waals surface area (Å²) >= 11 is 0. The molecule has 0 aliphatic heterocycles. The van der Waals surface area contributed by atoms with Gasteiger partial charge in [0.15, 0.2) is 0 Å². The predicted octanol–water partition coefficient (Wildman–Crippen LogP) is 5.78. The molecule has 2 heterocycles. The zero-order valence-corrected chi connectivity index (χ0v) is 20.5. The molecule has 7 heteroatoms. The predicted molar refractivity (Wildman–Crippen MR) is 146 cm³/mol. The van der Waals surface area contributed by atoms with Crippen molar-refractivity contribution in [2.45, 2.75) is 38.8 Å². The van der Waals surface area contributed by atoms with Crippen LogP contribution in [0.25, 0.3) is 10.9 Å². The van der Waals surface area contributed by atoms with Crippen LogP contribution < -0.4 is 10.2 Å². The second kappa shape index (κ2) is 10.6. The summed E-state index contributed by atoms with van der Waals surface area (Å²) in [6, 6.07) is 26.3. The maximum Gasteiger partial charge on any atom is 0.134 e. The Labute approximate surface area is 215 Å². The summed E-state index contributed by atoms with van der Waals surface area (Å²) in [5.74, 6) is 0.775. The van der Waals surface area contributed by atoms with Gasteiger partial charge in [-0.3, -0.25) is 10.4 Å². The van der Waals surface area contributed by atoms with E-state index >= 15 is 0 Å². The maximum absolute atomic E-state index is 5.91. The molecule has 0 saturated carbocycles. The Balaban J connectivity index is 1.08. The minimum Gasteiger partial charge on any atom is -0.487 e. The number of hydrazone groups is 1. The van der Waals surface area contributed by atoms with E-state index in [4.69, 9.17) is 9.72 Å². The van der Waals surface area contributed by atoms with Gasteiger partial charge in [0.05, 0.1) is 30.2 Å². The number of aryl methyl sites for hydroxylation is 1. The molecular weight excluding hydrogens is 460 g/mol. The van der Waals surface area contributed by atoms with Crippen molar-refractivity contribution < 1.29 is 4.74 Å². The van der Waals surface area contributed by atoms with E-state index in [0.29, 0.717) is 13.2 Å². The first-order valence-corrected chi connectivity index (χ1v) is 12.7. The summed E-state index contributed by atoms with van der Waals surface area (Å²) in [6.45, 7) is 1.05. The fraction of sp³-hybridized carbons (Fsp3) is 0.200. The highest BCUT2D eigenvalue weighted by molar-refractivity contribution is 5.94. The number of hydrogen-bond donors (Lipinski definition) is 1. The number of benzene rings is 3. The quantitative estimate of drug-likeness (QED) is 0.221. The van der Waals surface area contributed by atoms with Crippen LogP contribution in [0.5, 0.6) is 5.75 Å². The van der Waals surface area contributed by atoms with Gasteiger partial charge in [0.25, 0.3) is 0 Å². The summed E-state index contributed by atoms with van der Waals surface area (Å²) in [6.07, 6.45) is 8.21. The number of para-hydroxylation sites is 1. The van der Waals surface area contributed by atoms with Crippen LogP contribution in [-0.2, 0) is 26.0 Å². The van der Waals surface area contributed by atoms with Crippen molar-refractivity contribution in [3.05, 3.63) is 113 Å². The molecule has 0 atom stereocenters. The number of anilines is 1. The molecule has 37 heavy (non-hydrogen) atoms. The SMILES string of the molecule is C(=N\Nc1c2c(nc3ccccc13)CCCC2)/c1ccc(OCc2cn(Cc3ccccc3)nn2)cc1. The highest BCUT2D eigenvalue weighted by Crippen LogP contribution is 2.33. The van der Waals surface area contributed by atoms with Crippen LogP contribution in [0.1, 0.15) is 40.9 Å². The average Bonchev–Trinajstić information content (AvgIpc) is 3.40. The molecule has 0 saturated heterocycles. The van der Waals surface area contributed by atoms with Crippen LogP contribution in [0, 0.1) is 0 Å². The molecule has 184 valence electrons. The average molecular weight is 489 g/mol. The Morgan fingerprint density at radius 1 is 0.919 bits per heavy atom. The third-order valence-corrected chi connectivity index (χ3v) is 6.60. The smallest absolute Gasteiger partial charge is 0.134 e. The Hall–Kier alpha value is -4.52. The van der Waals surface area contributed by atoms with Gasteiger partial charge in [0.1, 0.15) is 18.1 Å². The van der Waals surface area contributed by atoms with Gasteiger partial charge < -0.3 is 4.74 Å². The largest absolute Gasteiger partial charge is 0.487 e. The molecule has 0 bridgehead atoms. The fourth-order valence-corrected chi connectivity index (χ4v) is 4.73. The van der Waals surface area contributed by atoms with Crippen molar-refractivity contribution >= 4 is 22.8 Å². The zero-order valence-electron chi connectivity index (χ0n) is 20.5. The van der Waals surface area contributed by atoms with Gasteiger partial charge in [0.2, 0.25) is 0 Å². The summed E-state index contributed by atoms with van der Waals surface area (Å²) in [5.41, 5.74) is 10.9. The number of pyridine rings is 1. The zero-order chi connectivity index (χ0) is 24.9. The Morgan fingerprint density at radius 2 is 1.73 bits per heavy atom. The van der Waals surface area contributed by atoms with Crippen molar-refractivity contribution in [2.24, 2.45) is 5.10 Å². The van der Waals surface area contributed by atoms with Crippen molar-refractivity contribution in [3.63, 3.8) is 0 Å². The van der Waals surface area contributed by atoms with Gasteiger partial charge in [-0.1, -0.05) is 53.7 Å². The number of nitrogens with zero attached hydrogens (tertiary/aromatic N) is 5. The Morgan fingerprint density at radius 3 is 2.62 bits per heavy atom. The lowest BCUT2D eigenvalue weighted by Gasteiger charge is -2.20. The highest BCUT2D eigenvalue weighted by Gasteiger charge is 2.17. The van der Waals surface area contributed by atoms with E-state index in [9.17, 15) is 0 Å². The number of fused-ring (bicyclic) bond motifs is 2. The summed E-state index contributed by atoms with van der Waals surface area (Å²) < 4.78 is 7.74. The molecule has 0 unspecified atom stereocenters. The van der Waals surface area contributed by atoms with Gasteiger partial charge in [-0.05, 0) is 72.7 Å². The molecule has 0 fully saturated rings. The maximum atomic E-state index is 5.91. The molecular formula is C30H28N6O. The second-order valence-corrected chi connectivity index (χ2v) is 9.26.